The molecule has 1 rings (SSSR count). The minimum atomic E-state index is 0. The number of hydrogen-bond acceptors (Lipinski definition) is 3. The summed E-state index contributed by atoms with van der Waals surface area (Å²) in [5, 5.41) is 8.91. The van der Waals surface area contributed by atoms with E-state index in [2.05, 4.69) is 72.9 Å². The van der Waals surface area contributed by atoms with Gasteiger partial charge in [-0.15, -0.1) is 35.3 Å². The molecule has 0 bridgehead atoms. The van der Waals surface area contributed by atoms with Crippen molar-refractivity contribution < 1.29 is 0 Å². The Hall–Kier alpha value is -0.340. The largest absolute Gasteiger partial charge is 0.356 e. The summed E-state index contributed by atoms with van der Waals surface area (Å²) in [7, 11) is 6.00. The van der Waals surface area contributed by atoms with E-state index in [0.717, 1.165) is 19.0 Å². The van der Waals surface area contributed by atoms with Crippen LogP contribution >= 0.6 is 35.3 Å². The highest BCUT2D eigenvalue weighted by atomic mass is 127. The predicted molar refractivity (Wildman–Crippen MR) is 105 cm³/mol. The lowest BCUT2D eigenvalue weighted by atomic mass is 10.0. The van der Waals surface area contributed by atoms with Gasteiger partial charge in [-0.3, -0.25) is 4.99 Å². The van der Waals surface area contributed by atoms with Crippen molar-refractivity contribution in [3.8, 4) is 0 Å². The molecule has 0 aliphatic heterocycles. The second kappa shape index (κ2) is 9.63. The Balaban J connectivity index is 0.00000400. The van der Waals surface area contributed by atoms with Gasteiger partial charge >= 0.3 is 0 Å². The van der Waals surface area contributed by atoms with Crippen LogP contribution in [0.1, 0.15) is 31.6 Å². The second-order valence-electron chi connectivity index (χ2n) is 5.93. The number of halogens is 1. The van der Waals surface area contributed by atoms with Crippen molar-refractivity contribution in [1.82, 2.24) is 15.5 Å². The summed E-state index contributed by atoms with van der Waals surface area (Å²) < 4.78 is 0. The Morgan fingerprint density at radius 1 is 1.38 bits per heavy atom. The predicted octanol–water partition coefficient (Wildman–Crippen LogP) is 2.97. The number of nitrogens with one attached hydrogen (secondary N) is 2. The molecule has 0 aromatic carbocycles. The van der Waals surface area contributed by atoms with Crippen molar-refractivity contribution in [2.75, 3.05) is 34.2 Å². The van der Waals surface area contributed by atoms with Crippen LogP contribution in [0.15, 0.2) is 22.5 Å². The summed E-state index contributed by atoms with van der Waals surface area (Å²) in [6.07, 6.45) is 0. The maximum atomic E-state index is 4.28. The first kappa shape index (κ1) is 20.7. The van der Waals surface area contributed by atoms with Gasteiger partial charge in [-0.25, -0.2) is 0 Å². The second-order valence-corrected chi connectivity index (χ2v) is 6.91. The van der Waals surface area contributed by atoms with Gasteiger partial charge in [-0.2, -0.15) is 0 Å². The highest BCUT2D eigenvalue weighted by Crippen LogP contribution is 2.19. The van der Waals surface area contributed by atoms with E-state index in [0.29, 0.717) is 5.92 Å². The van der Waals surface area contributed by atoms with E-state index in [1.54, 1.807) is 11.3 Å². The van der Waals surface area contributed by atoms with Crippen molar-refractivity contribution in [3.63, 3.8) is 0 Å². The summed E-state index contributed by atoms with van der Waals surface area (Å²) in [4.78, 5) is 7.90. The fraction of sp³-hybridized carbons (Fsp3) is 0.667. The number of likely N-dealkylation sites (N-methyl/N-ethyl adjacent to an activating group) is 1. The summed E-state index contributed by atoms with van der Waals surface area (Å²) in [5.41, 5.74) is 0.0942. The molecule has 1 unspecified atom stereocenters. The van der Waals surface area contributed by atoms with Gasteiger partial charge in [0.2, 0.25) is 0 Å². The maximum absolute atomic E-state index is 4.28. The van der Waals surface area contributed by atoms with Crippen LogP contribution in [0.5, 0.6) is 0 Å². The number of thiophene rings is 1. The Bertz CT molecular complexity index is 415. The number of hydrogen-bond donors (Lipinski definition) is 2. The van der Waals surface area contributed by atoms with E-state index in [4.69, 9.17) is 0 Å². The first-order valence-electron chi connectivity index (χ1n) is 7.02. The van der Waals surface area contributed by atoms with Crippen LogP contribution in [0, 0.1) is 0 Å². The highest BCUT2D eigenvalue weighted by Gasteiger charge is 2.20. The molecule has 2 N–H and O–H groups in total. The SMILES string of the molecule is CN=C(NCC(C)c1cccs1)NCC(C)(C)N(C)C.I. The third-order valence-electron chi connectivity index (χ3n) is 3.73. The van der Waals surface area contributed by atoms with Gasteiger partial charge in [0.05, 0.1) is 0 Å². The van der Waals surface area contributed by atoms with Crippen molar-refractivity contribution in [2.45, 2.75) is 32.2 Å². The average molecular weight is 424 g/mol. The zero-order chi connectivity index (χ0) is 15.2. The van der Waals surface area contributed by atoms with E-state index in [-0.39, 0.29) is 29.5 Å². The van der Waals surface area contributed by atoms with Gasteiger partial charge in [0.25, 0.3) is 0 Å². The van der Waals surface area contributed by atoms with E-state index >= 15 is 0 Å². The van der Waals surface area contributed by atoms with Gasteiger partial charge in [-0.05, 0) is 39.4 Å². The fourth-order valence-electron chi connectivity index (χ4n) is 1.60. The minimum absolute atomic E-state index is 0. The summed E-state index contributed by atoms with van der Waals surface area (Å²) in [6, 6.07) is 4.28. The molecule has 21 heavy (non-hydrogen) atoms. The monoisotopic (exact) mass is 424 g/mol. The molecule has 1 aromatic rings. The third kappa shape index (κ3) is 6.97. The molecule has 0 radical (unpaired) electrons. The van der Waals surface area contributed by atoms with Gasteiger partial charge in [-0.1, -0.05) is 13.0 Å². The summed E-state index contributed by atoms with van der Waals surface area (Å²) in [5.74, 6) is 1.36. The number of aliphatic imine (C=N–C) groups is 1. The molecule has 0 spiro atoms. The number of rotatable bonds is 6. The van der Waals surface area contributed by atoms with Crippen LogP contribution in [0.3, 0.4) is 0 Å². The Morgan fingerprint density at radius 3 is 2.52 bits per heavy atom. The Labute approximate surface area is 150 Å². The molecule has 6 heteroatoms. The first-order chi connectivity index (χ1) is 9.36. The fourth-order valence-corrected chi connectivity index (χ4v) is 2.39. The number of nitrogens with zero attached hydrogens (tertiary/aromatic N) is 2. The lowest BCUT2D eigenvalue weighted by Crippen LogP contribution is -2.51. The molecule has 1 aromatic heterocycles. The Morgan fingerprint density at radius 2 is 2.05 bits per heavy atom. The van der Waals surface area contributed by atoms with Crippen LogP contribution in [0.2, 0.25) is 0 Å². The van der Waals surface area contributed by atoms with Crippen LogP contribution < -0.4 is 10.6 Å². The molecule has 0 amide bonds. The van der Waals surface area contributed by atoms with Crippen molar-refractivity contribution in [1.29, 1.82) is 0 Å². The Kier molecular flexibility index (Phi) is 9.48. The molecule has 1 atom stereocenters. The molecule has 0 saturated heterocycles. The zero-order valence-electron chi connectivity index (χ0n) is 13.9. The van der Waals surface area contributed by atoms with Crippen molar-refractivity contribution in [3.05, 3.63) is 22.4 Å². The topological polar surface area (TPSA) is 39.7 Å². The highest BCUT2D eigenvalue weighted by molar-refractivity contribution is 14.0. The van der Waals surface area contributed by atoms with E-state index in [1.165, 1.54) is 4.88 Å². The molecule has 0 aliphatic carbocycles. The van der Waals surface area contributed by atoms with Crippen molar-refractivity contribution in [2.24, 2.45) is 4.99 Å². The lowest BCUT2D eigenvalue weighted by Gasteiger charge is -2.33. The molecule has 122 valence electrons. The molecule has 4 nitrogen and oxygen atoms in total. The van der Waals surface area contributed by atoms with Crippen LogP contribution in [0.25, 0.3) is 0 Å². The van der Waals surface area contributed by atoms with E-state index < -0.39 is 0 Å². The molecule has 0 saturated carbocycles. The minimum Gasteiger partial charge on any atom is -0.356 e. The molecule has 0 aliphatic rings. The maximum Gasteiger partial charge on any atom is 0.191 e. The van der Waals surface area contributed by atoms with E-state index in [9.17, 15) is 0 Å². The van der Waals surface area contributed by atoms with Crippen LogP contribution in [-0.2, 0) is 0 Å². The number of guanidine groups is 1. The quantitative estimate of drug-likeness (QED) is 0.419. The normalized spacial score (nSPS) is 13.8. The molecular formula is C15H29IN4S. The zero-order valence-corrected chi connectivity index (χ0v) is 17.1. The average Bonchev–Trinajstić information content (AvgIpc) is 2.92. The molecule has 1 heterocycles. The van der Waals surface area contributed by atoms with Gasteiger partial charge in [0.1, 0.15) is 0 Å². The third-order valence-corrected chi connectivity index (χ3v) is 4.83. The van der Waals surface area contributed by atoms with Gasteiger partial charge in [0, 0.05) is 36.5 Å². The summed E-state index contributed by atoms with van der Waals surface area (Å²) >= 11 is 1.80. The smallest absolute Gasteiger partial charge is 0.191 e. The lowest BCUT2D eigenvalue weighted by molar-refractivity contribution is 0.197. The van der Waals surface area contributed by atoms with Crippen LogP contribution in [-0.4, -0.2) is 50.6 Å². The first-order valence-corrected chi connectivity index (χ1v) is 7.90. The van der Waals surface area contributed by atoms with Gasteiger partial charge in [0.15, 0.2) is 5.96 Å². The molecule has 0 fully saturated rings. The standard InChI is InChI=1S/C15H28N4S.HI/c1-12(13-8-7-9-20-13)10-17-14(16-4)18-11-15(2,3)19(5)6;/h7-9,12H,10-11H2,1-6H3,(H2,16,17,18);1H. The van der Waals surface area contributed by atoms with Crippen molar-refractivity contribution >= 4 is 41.3 Å². The van der Waals surface area contributed by atoms with Crippen LogP contribution in [0.4, 0.5) is 0 Å². The van der Waals surface area contributed by atoms with Gasteiger partial charge < -0.3 is 15.5 Å². The summed E-state index contributed by atoms with van der Waals surface area (Å²) in [6.45, 7) is 8.40. The molecular weight excluding hydrogens is 395 g/mol. The van der Waals surface area contributed by atoms with E-state index in [1.807, 2.05) is 7.05 Å².